The molecule has 2 aromatic rings. The molecule has 0 aromatic heterocycles. The fourth-order valence-electron chi connectivity index (χ4n) is 1.69. The van der Waals surface area contributed by atoms with Crippen LogP contribution < -0.4 is 9.47 Å². The number of rotatable bonds is 5. The normalized spacial score (nSPS) is 10.1. The highest BCUT2D eigenvalue weighted by atomic mass is 35.5. The monoisotopic (exact) mass is 292 g/mol. The summed E-state index contributed by atoms with van der Waals surface area (Å²) in [5, 5.41) is 9.55. The zero-order chi connectivity index (χ0) is 14.5. The van der Waals surface area contributed by atoms with Gasteiger partial charge in [-0.3, -0.25) is 0 Å². The van der Waals surface area contributed by atoms with Gasteiger partial charge < -0.3 is 14.6 Å². The van der Waals surface area contributed by atoms with Crippen molar-refractivity contribution < 1.29 is 19.4 Å². The molecule has 4 nitrogen and oxygen atoms in total. The Kier molecular flexibility index (Phi) is 4.48. The lowest BCUT2D eigenvalue weighted by Crippen LogP contribution is -2.01. The zero-order valence-electron chi connectivity index (χ0n) is 10.8. The third-order valence-electron chi connectivity index (χ3n) is 2.75. The van der Waals surface area contributed by atoms with Crippen LogP contribution in [0.15, 0.2) is 42.5 Å². The van der Waals surface area contributed by atoms with Crippen molar-refractivity contribution in [3.8, 4) is 11.5 Å². The summed E-state index contributed by atoms with van der Waals surface area (Å²) in [6, 6.07) is 11.8. The highest BCUT2D eigenvalue weighted by Gasteiger charge is 2.10. The largest absolute Gasteiger partial charge is 0.493 e. The number of halogens is 1. The first-order valence-corrected chi connectivity index (χ1v) is 6.27. The molecule has 0 radical (unpaired) electrons. The van der Waals surface area contributed by atoms with Crippen molar-refractivity contribution in [1.29, 1.82) is 0 Å². The van der Waals surface area contributed by atoms with Gasteiger partial charge in [-0.2, -0.15) is 0 Å². The van der Waals surface area contributed by atoms with Crippen molar-refractivity contribution in [1.82, 2.24) is 0 Å². The number of carboxylic acids is 1. The molecule has 0 saturated heterocycles. The zero-order valence-corrected chi connectivity index (χ0v) is 11.6. The van der Waals surface area contributed by atoms with E-state index in [1.54, 1.807) is 12.1 Å². The molecule has 2 rings (SSSR count). The predicted molar refractivity (Wildman–Crippen MR) is 75.7 cm³/mol. The molecule has 20 heavy (non-hydrogen) atoms. The van der Waals surface area contributed by atoms with Gasteiger partial charge in [-0.15, -0.1) is 0 Å². The van der Waals surface area contributed by atoms with E-state index in [1.807, 2.05) is 18.2 Å². The standard InChI is InChI=1S/C15H13ClO4/c1-19-14-8-10(15(17)18)6-7-13(14)20-9-11-4-2-3-5-12(11)16/h2-8H,9H2,1H3,(H,17,18). The molecule has 0 aliphatic rings. The number of carboxylic acid groups (broad SMARTS) is 1. The van der Waals surface area contributed by atoms with Crippen molar-refractivity contribution in [2.45, 2.75) is 6.61 Å². The van der Waals surface area contributed by atoms with Gasteiger partial charge in [0.25, 0.3) is 0 Å². The summed E-state index contributed by atoms with van der Waals surface area (Å²) in [6.45, 7) is 0.280. The second-order valence-corrected chi connectivity index (χ2v) is 4.46. The molecule has 1 N–H and O–H groups in total. The Bertz CT molecular complexity index is 625. The molecule has 5 heteroatoms. The summed E-state index contributed by atoms with van der Waals surface area (Å²) in [7, 11) is 1.46. The summed E-state index contributed by atoms with van der Waals surface area (Å²) in [4.78, 5) is 10.9. The molecule has 0 fully saturated rings. The summed E-state index contributed by atoms with van der Waals surface area (Å²) in [5.41, 5.74) is 0.991. The number of hydrogen-bond donors (Lipinski definition) is 1. The van der Waals surface area contributed by atoms with Crippen LogP contribution >= 0.6 is 11.6 Å². The van der Waals surface area contributed by atoms with Gasteiger partial charge in [-0.25, -0.2) is 4.79 Å². The average molecular weight is 293 g/mol. The number of aromatic carboxylic acids is 1. The first-order valence-electron chi connectivity index (χ1n) is 5.89. The van der Waals surface area contributed by atoms with E-state index in [9.17, 15) is 4.79 Å². The summed E-state index contributed by atoms with van der Waals surface area (Å²) >= 11 is 6.04. The van der Waals surface area contributed by atoms with Crippen LogP contribution in [0.5, 0.6) is 11.5 Å². The highest BCUT2D eigenvalue weighted by Crippen LogP contribution is 2.29. The lowest BCUT2D eigenvalue weighted by atomic mass is 10.2. The molecular weight excluding hydrogens is 280 g/mol. The number of carbonyl (C=O) groups is 1. The summed E-state index contributed by atoms with van der Waals surface area (Å²) in [5.74, 6) is -0.171. The Labute approximate surface area is 121 Å². The van der Waals surface area contributed by atoms with E-state index < -0.39 is 5.97 Å². The molecule has 0 spiro atoms. The second-order valence-electron chi connectivity index (χ2n) is 4.05. The van der Waals surface area contributed by atoms with Gasteiger partial charge in [0.15, 0.2) is 11.5 Å². The SMILES string of the molecule is COc1cc(C(=O)O)ccc1OCc1ccccc1Cl. The predicted octanol–water partition coefficient (Wildman–Crippen LogP) is 3.63. The number of benzene rings is 2. The van der Waals surface area contributed by atoms with Gasteiger partial charge in [-0.05, 0) is 24.3 Å². The van der Waals surface area contributed by atoms with Gasteiger partial charge in [0.2, 0.25) is 0 Å². The second kappa shape index (κ2) is 6.30. The van der Waals surface area contributed by atoms with Crippen molar-refractivity contribution in [2.75, 3.05) is 7.11 Å². The van der Waals surface area contributed by atoms with Gasteiger partial charge in [-0.1, -0.05) is 29.8 Å². The Morgan fingerprint density at radius 1 is 1.20 bits per heavy atom. The van der Waals surface area contributed by atoms with E-state index in [4.69, 9.17) is 26.2 Å². The van der Waals surface area contributed by atoms with Crippen LogP contribution in [0.1, 0.15) is 15.9 Å². The van der Waals surface area contributed by atoms with Crippen LogP contribution in [0.4, 0.5) is 0 Å². The fourth-order valence-corrected chi connectivity index (χ4v) is 1.88. The molecule has 0 heterocycles. The van der Waals surface area contributed by atoms with Crippen LogP contribution in [0.25, 0.3) is 0 Å². The molecule has 2 aromatic carbocycles. The lowest BCUT2D eigenvalue weighted by molar-refractivity contribution is 0.0696. The van der Waals surface area contributed by atoms with E-state index in [2.05, 4.69) is 0 Å². The molecule has 0 aliphatic heterocycles. The maximum Gasteiger partial charge on any atom is 0.335 e. The van der Waals surface area contributed by atoms with E-state index in [0.29, 0.717) is 16.5 Å². The van der Waals surface area contributed by atoms with E-state index >= 15 is 0 Å². The van der Waals surface area contributed by atoms with Crippen LogP contribution in [0.3, 0.4) is 0 Å². The fraction of sp³-hybridized carbons (Fsp3) is 0.133. The molecule has 0 unspecified atom stereocenters. The first kappa shape index (κ1) is 14.2. The molecule has 0 saturated carbocycles. The van der Waals surface area contributed by atoms with Gasteiger partial charge in [0.1, 0.15) is 6.61 Å². The van der Waals surface area contributed by atoms with E-state index in [-0.39, 0.29) is 12.2 Å². The van der Waals surface area contributed by atoms with Crippen LogP contribution in [0.2, 0.25) is 5.02 Å². The number of hydrogen-bond acceptors (Lipinski definition) is 3. The maximum absolute atomic E-state index is 10.9. The van der Waals surface area contributed by atoms with Crippen LogP contribution in [-0.4, -0.2) is 18.2 Å². The Morgan fingerprint density at radius 3 is 2.60 bits per heavy atom. The minimum Gasteiger partial charge on any atom is -0.493 e. The first-order chi connectivity index (χ1) is 9.61. The minimum absolute atomic E-state index is 0.145. The molecule has 0 bridgehead atoms. The molecular formula is C15H13ClO4. The van der Waals surface area contributed by atoms with Crippen LogP contribution in [-0.2, 0) is 6.61 Å². The number of ether oxygens (including phenoxy) is 2. The van der Waals surface area contributed by atoms with Gasteiger partial charge in [0.05, 0.1) is 12.7 Å². The van der Waals surface area contributed by atoms with Crippen LogP contribution in [0, 0.1) is 0 Å². The van der Waals surface area contributed by atoms with Crippen molar-refractivity contribution in [3.05, 3.63) is 58.6 Å². The Balaban J connectivity index is 2.17. The smallest absolute Gasteiger partial charge is 0.335 e. The van der Waals surface area contributed by atoms with E-state index in [1.165, 1.54) is 19.2 Å². The third-order valence-corrected chi connectivity index (χ3v) is 3.12. The quantitative estimate of drug-likeness (QED) is 0.914. The third kappa shape index (κ3) is 3.22. The van der Waals surface area contributed by atoms with Crippen molar-refractivity contribution in [2.24, 2.45) is 0 Å². The van der Waals surface area contributed by atoms with Crippen molar-refractivity contribution >= 4 is 17.6 Å². The lowest BCUT2D eigenvalue weighted by Gasteiger charge is -2.12. The maximum atomic E-state index is 10.9. The van der Waals surface area contributed by atoms with E-state index in [0.717, 1.165) is 5.56 Å². The van der Waals surface area contributed by atoms with Crippen molar-refractivity contribution in [3.63, 3.8) is 0 Å². The molecule has 0 atom stereocenters. The topological polar surface area (TPSA) is 55.8 Å². The minimum atomic E-state index is -1.01. The van der Waals surface area contributed by atoms with Gasteiger partial charge in [0, 0.05) is 10.6 Å². The number of methoxy groups -OCH3 is 1. The molecule has 0 aliphatic carbocycles. The summed E-state index contributed by atoms with van der Waals surface area (Å²) < 4.78 is 10.8. The van der Waals surface area contributed by atoms with Gasteiger partial charge >= 0.3 is 5.97 Å². The summed E-state index contributed by atoms with van der Waals surface area (Å²) in [6.07, 6.45) is 0. The Hall–Kier alpha value is -2.20. The molecule has 0 amide bonds. The Morgan fingerprint density at radius 2 is 1.95 bits per heavy atom. The average Bonchev–Trinajstić information content (AvgIpc) is 2.46. The highest BCUT2D eigenvalue weighted by molar-refractivity contribution is 6.31. The molecule has 104 valence electrons.